The molecular weight excluding hydrogens is 341 g/mol. The van der Waals surface area contributed by atoms with Crippen molar-refractivity contribution in [2.75, 3.05) is 5.06 Å². The third-order valence-electron chi connectivity index (χ3n) is 4.85. The Morgan fingerprint density at radius 3 is 2.38 bits per heavy atom. The predicted octanol–water partition coefficient (Wildman–Crippen LogP) is 5.33. The van der Waals surface area contributed by atoms with Crippen LogP contribution in [-0.4, -0.2) is 22.5 Å². The van der Waals surface area contributed by atoms with E-state index in [0.29, 0.717) is 0 Å². The van der Waals surface area contributed by atoms with Gasteiger partial charge in [-0.2, -0.15) is 13.2 Å². The Hall–Kier alpha value is -2.34. The van der Waals surface area contributed by atoms with Crippen LogP contribution in [0.5, 0.6) is 0 Å². The maximum atomic E-state index is 12.9. The molecule has 2 aromatic rings. The van der Waals surface area contributed by atoms with Gasteiger partial charge in [0.1, 0.15) is 0 Å². The van der Waals surface area contributed by atoms with Crippen molar-refractivity contribution in [1.82, 2.24) is 0 Å². The third kappa shape index (κ3) is 3.60. The van der Waals surface area contributed by atoms with Crippen molar-refractivity contribution in [3.63, 3.8) is 0 Å². The van der Waals surface area contributed by atoms with E-state index in [4.69, 9.17) is 4.99 Å². The Labute approximate surface area is 150 Å². The molecule has 2 aromatic carbocycles. The zero-order valence-electron chi connectivity index (χ0n) is 14.7. The second-order valence-corrected chi connectivity index (χ2v) is 7.01. The Bertz CT molecular complexity index is 800. The number of halogens is 3. The van der Waals surface area contributed by atoms with E-state index in [1.165, 1.54) is 12.1 Å². The highest BCUT2D eigenvalue weighted by Gasteiger charge is 2.39. The highest BCUT2D eigenvalue weighted by atomic mass is 19.4. The van der Waals surface area contributed by atoms with E-state index in [0.717, 1.165) is 41.3 Å². The number of nitrogens with zero attached hydrogens (tertiary/aromatic N) is 2. The summed E-state index contributed by atoms with van der Waals surface area (Å²) in [5, 5.41) is 11.6. The number of aliphatic imine (C=N–C) groups is 1. The first-order valence-corrected chi connectivity index (χ1v) is 8.48. The molecule has 0 spiro atoms. The van der Waals surface area contributed by atoms with Crippen LogP contribution < -0.4 is 5.06 Å². The number of rotatable bonds is 4. The number of anilines is 1. The number of hydroxylamine groups is 1. The zero-order valence-corrected chi connectivity index (χ0v) is 14.7. The van der Waals surface area contributed by atoms with Crippen LogP contribution in [0.1, 0.15) is 37.8 Å². The molecular formula is C20H21F3N2O. The van der Waals surface area contributed by atoms with Crippen molar-refractivity contribution in [1.29, 1.82) is 0 Å². The molecule has 0 fully saturated rings. The molecule has 0 saturated heterocycles. The van der Waals surface area contributed by atoms with Gasteiger partial charge in [-0.1, -0.05) is 36.4 Å². The Kier molecular flexibility index (Phi) is 4.80. The van der Waals surface area contributed by atoms with E-state index in [2.05, 4.69) is 0 Å². The van der Waals surface area contributed by atoms with Gasteiger partial charge in [-0.3, -0.25) is 10.2 Å². The summed E-state index contributed by atoms with van der Waals surface area (Å²) >= 11 is 0. The molecule has 6 heteroatoms. The lowest BCUT2D eigenvalue weighted by Gasteiger charge is -2.38. The van der Waals surface area contributed by atoms with Crippen LogP contribution in [0.3, 0.4) is 0 Å². The van der Waals surface area contributed by atoms with Crippen LogP contribution in [0.4, 0.5) is 18.9 Å². The van der Waals surface area contributed by atoms with Crippen LogP contribution in [0.15, 0.2) is 59.6 Å². The van der Waals surface area contributed by atoms with Gasteiger partial charge < -0.3 is 0 Å². The summed E-state index contributed by atoms with van der Waals surface area (Å²) < 4.78 is 38.8. The predicted molar refractivity (Wildman–Crippen MR) is 95.8 cm³/mol. The van der Waals surface area contributed by atoms with Gasteiger partial charge in [-0.05, 0) is 50.5 Å². The molecule has 3 rings (SSSR count). The number of benzene rings is 2. The number of alkyl halides is 3. The Morgan fingerprint density at radius 1 is 1.04 bits per heavy atom. The summed E-state index contributed by atoms with van der Waals surface area (Å²) in [4.78, 5) is 4.74. The van der Waals surface area contributed by atoms with E-state index in [1.807, 2.05) is 30.3 Å². The van der Waals surface area contributed by atoms with Crippen molar-refractivity contribution in [2.45, 2.75) is 44.4 Å². The van der Waals surface area contributed by atoms with E-state index in [-0.39, 0.29) is 11.7 Å². The molecule has 1 heterocycles. The number of hydrogen-bond donors (Lipinski definition) is 1. The molecule has 3 nitrogen and oxygen atoms in total. The van der Waals surface area contributed by atoms with Crippen LogP contribution in [0, 0.1) is 0 Å². The fourth-order valence-corrected chi connectivity index (χ4v) is 3.24. The zero-order chi connectivity index (χ0) is 18.9. The lowest BCUT2D eigenvalue weighted by atomic mass is 9.91. The average molecular weight is 362 g/mol. The highest BCUT2D eigenvalue weighted by Crippen LogP contribution is 2.36. The van der Waals surface area contributed by atoms with Gasteiger partial charge in [-0.25, -0.2) is 5.06 Å². The van der Waals surface area contributed by atoms with Gasteiger partial charge in [-0.15, -0.1) is 0 Å². The maximum absolute atomic E-state index is 12.9. The molecule has 1 atom stereocenters. The van der Waals surface area contributed by atoms with Gasteiger partial charge >= 0.3 is 6.18 Å². The molecule has 0 aliphatic carbocycles. The first-order valence-electron chi connectivity index (χ1n) is 8.48. The van der Waals surface area contributed by atoms with E-state index < -0.39 is 17.3 Å². The molecule has 26 heavy (non-hydrogen) atoms. The standard InChI is InChI=1S/C20H21F3N2O/c1-19(2,18-12-11-17(24-18)14-7-4-3-5-8-14)25(26)16-10-6-9-15(13-16)20(21,22)23/h3-10,13,18,26H,11-12H2,1-2H3. The van der Waals surface area contributed by atoms with Crippen molar-refractivity contribution in [3.8, 4) is 0 Å². The van der Waals surface area contributed by atoms with Crippen LogP contribution >= 0.6 is 0 Å². The second-order valence-electron chi connectivity index (χ2n) is 7.01. The first kappa shape index (κ1) is 18.5. The summed E-state index contributed by atoms with van der Waals surface area (Å²) in [5.41, 5.74) is 0.467. The van der Waals surface area contributed by atoms with Crippen LogP contribution in [-0.2, 0) is 6.18 Å². The van der Waals surface area contributed by atoms with Gasteiger partial charge in [0, 0.05) is 5.71 Å². The normalized spacial score (nSPS) is 17.9. The van der Waals surface area contributed by atoms with Crippen molar-refractivity contribution in [2.24, 2.45) is 4.99 Å². The van der Waals surface area contributed by atoms with Crippen molar-refractivity contribution < 1.29 is 18.4 Å². The minimum absolute atomic E-state index is 0.105. The van der Waals surface area contributed by atoms with Gasteiger partial charge in [0.15, 0.2) is 0 Å². The molecule has 0 amide bonds. The lowest BCUT2D eigenvalue weighted by Crippen LogP contribution is -2.49. The third-order valence-corrected chi connectivity index (χ3v) is 4.85. The monoisotopic (exact) mass is 362 g/mol. The summed E-state index contributed by atoms with van der Waals surface area (Å²) in [5.74, 6) is 0. The summed E-state index contributed by atoms with van der Waals surface area (Å²) in [6, 6.07) is 14.3. The largest absolute Gasteiger partial charge is 0.416 e. The molecule has 138 valence electrons. The topological polar surface area (TPSA) is 35.8 Å². The Morgan fingerprint density at radius 2 is 1.73 bits per heavy atom. The molecule has 1 aliphatic rings. The van der Waals surface area contributed by atoms with Crippen molar-refractivity contribution in [3.05, 3.63) is 65.7 Å². The van der Waals surface area contributed by atoms with Crippen LogP contribution in [0.2, 0.25) is 0 Å². The summed E-state index contributed by atoms with van der Waals surface area (Å²) in [6.07, 6.45) is -2.95. The van der Waals surface area contributed by atoms with Gasteiger partial charge in [0.2, 0.25) is 0 Å². The van der Waals surface area contributed by atoms with E-state index >= 15 is 0 Å². The maximum Gasteiger partial charge on any atom is 0.416 e. The van der Waals surface area contributed by atoms with Gasteiger partial charge in [0.25, 0.3) is 0 Å². The molecule has 1 aliphatic heterocycles. The minimum atomic E-state index is -4.45. The average Bonchev–Trinajstić information content (AvgIpc) is 3.12. The quantitative estimate of drug-likeness (QED) is 0.746. The number of hydrogen-bond acceptors (Lipinski definition) is 3. The smallest absolute Gasteiger partial charge is 0.288 e. The summed E-state index contributed by atoms with van der Waals surface area (Å²) in [6.45, 7) is 3.57. The minimum Gasteiger partial charge on any atom is -0.288 e. The Balaban J connectivity index is 1.85. The molecule has 0 bridgehead atoms. The molecule has 1 unspecified atom stereocenters. The second kappa shape index (κ2) is 6.76. The summed E-state index contributed by atoms with van der Waals surface area (Å²) in [7, 11) is 0. The van der Waals surface area contributed by atoms with Gasteiger partial charge in [0.05, 0.1) is 22.8 Å². The van der Waals surface area contributed by atoms with E-state index in [1.54, 1.807) is 13.8 Å². The molecule has 0 aromatic heterocycles. The molecule has 1 N–H and O–H groups in total. The van der Waals surface area contributed by atoms with Crippen molar-refractivity contribution >= 4 is 11.4 Å². The molecule has 0 saturated carbocycles. The highest BCUT2D eigenvalue weighted by molar-refractivity contribution is 6.01. The first-order chi connectivity index (χ1) is 12.2. The SMILES string of the molecule is CC(C)(C1CCC(c2ccccc2)=N1)N(O)c1cccc(C(F)(F)F)c1. The van der Waals surface area contributed by atoms with Crippen LogP contribution in [0.25, 0.3) is 0 Å². The lowest BCUT2D eigenvalue weighted by molar-refractivity contribution is -0.137. The molecule has 0 radical (unpaired) electrons. The fourth-order valence-electron chi connectivity index (χ4n) is 3.24. The fraction of sp³-hybridized carbons (Fsp3) is 0.350. The van der Waals surface area contributed by atoms with E-state index in [9.17, 15) is 18.4 Å².